The van der Waals surface area contributed by atoms with Crippen LogP contribution in [-0.2, 0) is 0 Å². The van der Waals surface area contributed by atoms with Gasteiger partial charge in [0.05, 0.1) is 12.4 Å². The van der Waals surface area contributed by atoms with Gasteiger partial charge in [0.15, 0.2) is 5.82 Å². The lowest BCUT2D eigenvalue weighted by atomic mass is 10.5. The highest BCUT2D eigenvalue weighted by Crippen LogP contribution is 2.04. The molecule has 0 atom stereocenters. The van der Waals surface area contributed by atoms with Gasteiger partial charge >= 0.3 is 0 Å². The van der Waals surface area contributed by atoms with Gasteiger partial charge in [-0.05, 0) is 6.92 Å². The molecular formula is C6H6N4O. The van der Waals surface area contributed by atoms with Crippen molar-refractivity contribution >= 4 is 0 Å². The summed E-state index contributed by atoms with van der Waals surface area (Å²) in [4.78, 5) is 0. The van der Waals surface area contributed by atoms with E-state index in [1.807, 2.05) is 6.92 Å². The fraction of sp³-hybridized carbons (Fsp3) is 0.167. The Morgan fingerprint density at radius 1 is 1.55 bits per heavy atom. The average molecular weight is 150 g/mol. The third-order valence-electron chi connectivity index (χ3n) is 1.27. The van der Waals surface area contributed by atoms with E-state index >= 15 is 0 Å². The van der Waals surface area contributed by atoms with Gasteiger partial charge in [-0.2, -0.15) is 4.68 Å². The molecule has 0 saturated heterocycles. The van der Waals surface area contributed by atoms with E-state index in [1.54, 1.807) is 18.5 Å². The van der Waals surface area contributed by atoms with Crippen LogP contribution in [0.1, 0.15) is 5.76 Å². The number of hydrogen-bond donors (Lipinski definition) is 0. The molecule has 56 valence electrons. The SMILES string of the molecule is Cc1cc(-n2ccnn2)no1. The van der Waals surface area contributed by atoms with Crippen molar-refractivity contribution in [1.29, 1.82) is 0 Å². The Labute approximate surface area is 62.6 Å². The summed E-state index contributed by atoms with van der Waals surface area (Å²) in [6.45, 7) is 1.83. The number of aryl methyl sites for hydroxylation is 1. The topological polar surface area (TPSA) is 56.7 Å². The largest absolute Gasteiger partial charge is 0.359 e. The maximum atomic E-state index is 4.85. The summed E-state index contributed by atoms with van der Waals surface area (Å²) < 4.78 is 6.39. The number of aromatic nitrogens is 4. The van der Waals surface area contributed by atoms with Crippen molar-refractivity contribution in [2.75, 3.05) is 0 Å². The quantitative estimate of drug-likeness (QED) is 0.596. The van der Waals surface area contributed by atoms with E-state index in [-0.39, 0.29) is 0 Å². The first-order valence-electron chi connectivity index (χ1n) is 3.16. The Balaban J connectivity index is 2.45. The smallest absolute Gasteiger partial charge is 0.198 e. The molecule has 0 aromatic carbocycles. The maximum absolute atomic E-state index is 4.85. The summed E-state index contributed by atoms with van der Waals surface area (Å²) in [5.74, 6) is 1.41. The molecule has 0 bridgehead atoms. The Morgan fingerprint density at radius 2 is 2.45 bits per heavy atom. The van der Waals surface area contributed by atoms with E-state index in [4.69, 9.17) is 4.52 Å². The minimum atomic E-state index is 0.653. The molecular weight excluding hydrogens is 144 g/mol. The number of hydrogen-bond acceptors (Lipinski definition) is 4. The summed E-state index contributed by atoms with van der Waals surface area (Å²) in [6, 6.07) is 1.79. The molecule has 0 aliphatic rings. The van der Waals surface area contributed by atoms with Gasteiger partial charge < -0.3 is 4.52 Å². The van der Waals surface area contributed by atoms with Crippen LogP contribution >= 0.6 is 0 Å². The Morgan fingerprint density at radius 3 is 3.00 bits per heavy atom. The first kappa shape index (κ1) is 6.09. The lowest BCUT2D eigenvalue weighted by Gasteiger charge is -1.86. The van der Waals surface area contributed by atoms with Crippen LogP contribution in [0.2, 0.25) is 0 Å². The molecule has 0 amide bonds. The van der Waals surface area contributed by atoms with E-state index in [2.05, 4.69) is 15.5 Å². The highest BCUT2D eigenvalue weighted by atomic mass is 16.5. The van der Waals surface area contributed by atoms with Gasteiger partial charge in [-0.25, -0.2) is 0 Å². The maximum Gasteiger partial charge on any atom is 0.198 e. The molecule has 2 aromatic heterocycles. The molecule has 0 saturated carbocycles. The highest BCUT2D eigenvalue weighted by Gasteiger charge is 2.01. The third-order valence-corrected chi connectivity index (χ3v) is 1.27. The van der Waals surface area contributed by atoms with Gasteiger partial charge in [-0.3, -0.25) is 0 Å². The van der Waals surface area contributed by atoms with E-state index in [0.29, 0.717) is 5.82 Å². The number of rotatable bonds is 1. The second kappa shape index (κ2) is 2.19. The van der Waals surface area contributed by atoms with Crippen LogP contribution < -0.4 is 0 Å². The van der Waals surface area contributed by atoms with Crippen molar-refractivity contribution in [1.82, 2.24) is 20.2 Å². The lowest BCUT2D eigenvalue weighted by Crippen LogP contribution is -1.94. The third kappa shape index (κ3) is 1.000. The Kier molecular flexibility index (Phi) is 1.21. The van der Waals surface area contributed by atoms with Crippen LogP contribution in [0.3, 0.4) is 0 Å². The molecule has 0 radical (unpaired) electrons. The van der Waals surface area contributed by atoms with Crippen molar-refractivity contribution in [3.05, 3.63) is 24.2 Å². The lowest BCUT2D eigenvalue weighted by molar-refractivity contribution is 0.393. The normalized spacial score (nSPS) is 10.3. The Hall–Kier alpha value is -1.65. The summed E-state index contributed by atoms with van der Waals surface area (Å²) in [5.41, 5.74) is 0. The first-order valence-corrected chi connectivity index (χ1v) is 3.16. The van der Waals surface area contributed by atoms with Crippen LogP contribution in [0.15, 0.2) is 23.0 Å². The monoisotopic (exact) mass is 150 g/mol. The van der Waals surface area contributed by atoms with Crippen LogP contribution in [-0.4, -0.2) is 20.2 Å². The van der Waals surface area contributed by atoms with E-state index in [0.717, 1.165) is 5.76 Å². The van der Waals surface area contributed by atoms with Crippen LogP contribution in [0.4, 0.5) is 0 Å². The van der Waals surface area contributed by atoms with Gasteiger partial charge in [0.25, 0.3) is 0 Å². The minimum absolute atomic E-state index is 0.653. The van der Waals surface area contributed by atoms with E-state index in [1.165, 1.54) is 4.68 Å². The zero-order chi connectivity index (χ0) is 7.68. The fourth-order valence-corrected chi connectivity index (χ4v) is 0.792. The molecule has 0 unspecified atom stereocenters. The van der Waals surface area contributed by atoms with Crippen molar-refractivity contribution in [3.63, 3.8) is 0 Å². The van der Waals surface area contributed by atoms with Gasteiger partial charge in [-0.1, -0.05) is 10.4 Å². The van der Waals surface area contributed by atoms with E-state index < -0.39 is 0 Å². The fourth-order valence-electron chi connectivity index (χ4n) is 0.792. The molecule has 2 rings (SSSR count). The van der Waals surface area contributed by atoms with Gasteiger partial charge in [0, 0.05) is 6.07 Å². The molecule has 5 heteroatoms. The number of nitrogens with zero attached hydrogens (tertiary/aromatic N) is 4. The van der Waals surface area contributed by atoms with Crippen LogP contribution in [0, 0.1) is 6.92 Å². The average Bonchev–Trinajstić information content (AvgIpc) is 2.55. The molecule has 0 aliphatic carbocycles. The minimum Gasteiger partial charge on any atom is -0.359 e. The first-order chi connectivity index (χ1) is 5.36. The zero-order valence-corrected chi connectivity index (χ0v) is 5.93. The summed E-state index contributed by atoms with van der Waals surface area (Å²) in [6.07, 6.45) is 3.29. The van der Waals surface area contributed by atoms with Gasteiger partial charge in [0.2, 0.25) is 0 Å². The molecule has 5 nitrogen and oxygen atoms in total. The second-order valence-electron chi connectivity index (χ2n) is 2.14. The predicted molar refractivity (Wildman–Crippen MR) is 36.2 cm³/mol. The summed E-state index contributed by atoms with van der Waals surface area (Å²) in [7, 11) is 0. The van der Waals surface area contributed by atoms with Crippen molar-refractivity contribution < 1.29 is 4.52 Å². The second-order valence-corrected chi connectivity index (χ2v) is 2.14. The summed E-state index contributed by atoms with van der Waals surface area (Å²) in [5, 5.41) is 11.1. The molecule has 2 heterocycles. The van der Waals surface area contributed by atoms with Crippen molar-refractivity contribution in [2.45, 2.75) is 6.92 Å². The predicted octanol–water partition coefficient (Wildman–Crippen LogP) is 0.564. The standard InChI is InChI=1S/C6H6N4O/c1-5-4-6(8-11-5)10-3-2-7-9-10/h2-4H,1H3. The van der Waals surface area contributed by atoms with Crippen LogP contribution in [0.5, 0.6) is 0 Å². The van der Waals surface area contributed by atoms with Gasteiger partial charge in [0.1, 0.15) is 5.76 Å². The molecule has 11 heavy (non-hydrogen) atoms. The molecule has 0 fully saturated rings. The Bertz CT molecular complexity index is 337. The van der Waals surface area contributed by atoms with Crippen molar-refractivity contribution in [3.8, 4) is 5.82 Å². The highest BCUT2D eigenvalue weighted by molar-refractivity contribution is 5.18. The molecule has 0 aliphatic heterocycles. The summed E-state index contributed by atoms with van der Waals surface area (Å²) >= 11 is 0. The zero-order valence-electron chi connectivity index (χ0n) is 5.93. The molecule has 0 spiro atoms. The van der Waals surface area contributed by atoms with Crippen molar-refractivity contribution in [2.24, 2.45) is 0 Å². The van der Waals surface area contributed by atoms with Gasteiger partial charge in [-0.15, -0.1) is 5.10 Å². The molecule has 2 aromatic rings. The van der Waals surface area contributed by atoms with Crippen LogP contribution in [0.25, 0.3) is 5.82 Å². The molecule has 0 N–H and O–H groups in total. The van der Waals surface area contributed by atoms with E-state index in [9.17, 15) is 0 Å².